The van der Waals surface area contributed by atoms with E-state index in [2.05, 4.69) is 5.32 Å². The van der Waals surface area contributed by atoms with Gasteiger partial charge in [-0.1, -0.05) is 37.3 Å². The van der Waals surface area contributed by atoms with E-state index in [9.17, 15) is 9.59 Å². The lowest BCUT2D eigenvalue weighted by Crippen LogP contribution is -2.38. The maximum absolute atomic E-state index is 12.0. The van der Waals surface area contributed by atoms with Gasteiger partial charge in [0.15, 0.2) is 0 Å². The molecule has 1 heterocycles. The molecule has 0 aromatic heterocycles. The van der Waals surface area contributed by atoms with Crippen LogP contribution in [0.1, 0.15) is 31.7 Å². The topological polar surface area (TPSA) is 58.6 Å². The van der Waals surface area contributed by atoms with E-state index in [1.165, 1.54) is 0 Å². The van der Waals surface area contributed by atoms with Gasteiger partial charge in [0.25, 0.3) is 0 Å². The second-order valence-corrected chi connectivity index (χ2v) is 5.29. The molecule has 21 heavy (non-hydrogen) atoms. The van der Waals surface area contributed by atoms with Crippen LogP contribution in [0.3, 0.4) is 0 Å². The van der Waals surface area contributed by atoms with Crippen LogP contribution < -0.4 is 5.32 Å². The van der Waals surface area contributed by atoms with Gasteiger partial charge in [0.05, 0.1) is 0 Å². The number of amides is 2. The predicted molar refractivity (Wildman–Crippen MR) is 79.7 cm³/mol. The summed E-state index contributed by atoms with van der Waals surface area (Å²) in [6, 6.07) is 9.65. The van der Waals surface area contributed by atoms with Crippen molar-refractivity contribution in [3.05, 3.63) is 35.9 Å². The van der Waals surface area contributed by atoms with Gasteiger partial charge < -0.3 is 15.0 Å². The third kappa shape index (κ3) is 4.77. The van der Waals surface area contributed by atoms with E-state index in [1.54, 1.807) is 4.90 Å². The minimum Gasteiger partial charge on any atom is -0.445 e. The number of nitrogens with zero attached hydrogens (tertiary/aromatic N) is 1. The van der Waals surface area contributed by atoms with Crippen molar-refractivity contribution in [2.75, 3.05) is 13.1 Å². The zero-order valence-corrected chi connectivity index (χ0v) is 12.4. The Hall–Kier alpha value is -2.04. The molecule has 1 unspecified atom stereocenters. The van der Waals surface area contributed by atoms with Gasteiger partial charge in [-0.05, 0) is 18.4 Å². The quantitative estimate of drug-likeness (QED) is 0.905. The van der Waals surface area contributed by atoms with Crippen LogP contribution in [0.5, 0.6) is 0 Å². The molecule has 1 aromatic carbocycles. The maximum atomic E-state index is 12.0. The molecule has 0 spiro atoms. The number of rotatable bonds is 5. The Morgan fingerprint density at radius 1 is 1.33 bits per heavy atom. The monoisotopic (exact) mass is 290 g/mol. The number of likely N-dealkylation sites (tertiary alicyclic amines) is 1. The van der Waals surface area contributed by atoms with Crippen molar-refractivity contribution in [1.29, 1.82) is 0 Å². The zero-order chi connectivity index (χ0) is 15.1. The standard InChI is InChI=1S/C16H22N2O3/c1-2-6-15(19)17-14-9-10-18(11-14)16(20)21-12-13-7-4-3-5-8-13/h3-5,7-8,14H,2,6,9-12H2,1H3,(H,17,19). The van der Waals surface area contributed by atoms with E-state index in [1.807, 2.05) is 37.3 Å². The van der Waals surface area contributed by atoms with Crippen molar-refractivity contribution < 1.29 is 14.3 Å². The summed E-state index contributed by atoms with van der Waals surface area (Å²) >= 11 is 0. The molecule has 5 heteroatoms. The minimum absolute atomic E-state index is 0.0494. The smallest absolute Gasteiger partial charge is 0.410 e. The van der Waals surface area contributed by atoms with E-state index in [0.717, 1.165) is 18.4 Å². The largest absolute Gasteiger partial charge is 0.445 e. The molecule has 1 aliphatic rings. The Labute approximate surface area is 125 Å². The Balaban J connectivity index is 1.73. The van der Waals surface area contributed by atoms with E-state index in [-0.39, 0.29) is 24.6 Å². The third-order valence-electron chi connectivity index (χ3n) is 3.49. The van der Waals surface area contributed by atoms with Crippen LogP contribution in [-0.4, -0.2) is 36.0 Å². The number of hydrogen-bond donors (Lipinski definition) is 1. The molecule has 1 aromatic rings. The molecule has 0 radical (unpaired) electrons. The van der Waals surface area contributed by atoms with Gasteiger partial charge >= 0.3 is 6.09 Å². The average molecular weight is 290 g/mol. The van der Waals surface area contributed by atoms with Crippen LogP contribution in [0.2, 0.25) is 0 Å². The molecule has 1 saturated heterocycles. The summed E-state index contributed by atoms with van der Waals surface area (Å²) in [6.45, 7) is 3.41. The number of ether oxygens (including phenoxy) is 1. The first kappa shape index (κ1) is 15.4. The van der Waals surface area contributed by atoms with Gasteiger partial charge in [-0.2, -0.15) is 0 Å². The molecular formula is C16H22N2O3. The van der Waals surface area contributed by atoms with E-state index in [4.69, 9.17) is 4.74 Å². The second kappa shape index (κ2) is 7.67. The van der Waals surface area contributed by atoms with Gasteiger partial charge in [0, 0.05) is 25.6 Å². The van der Waals surface area contributed by atoms with Crippen molar-refractivity contribution in [3.8, 4) is 0 Å². The molecule has 2 amide bonds. The van der Waals surface area contributed by atoms with Gasteiger partial charge in [-0.25, -0.2) is 4.79 Å². The third-order valence-corrected chi connectivity index (χ3v) is 3.49. The lowest BCUT2D eigenvalue weighted by molar-refractivity contribution is -0.121. The lowest BCUT2D eigenvalue weighted by Gasteiger charge is -2.17. The van der Waals surface area contributed by atoms with Crippen LogP contribution in [0, 0.1) is 0 Å². The molecule has 1 atom stereocenters. The zero-order valence-electron chi connectivity index (χ0n) is 12.4. The van der Waals surface area contributed by atoms with Crippen molar-refractivity contribution >= 4 is 12.0 Å². The lowest BCUT2D eigenvalue weighted by atomic mass is 10.2. The normalized spacial score (nSPS) is 17.6. The number of hydrogen-bond acceptors (Lipinski definition) is 3. The van der Waals surface area contributed by atoms with E-state index < -0.39 is 0 Å². The summed E-state index contributed by atoms with van der Waals surface area (Å²) < 4.78 is 5.29. The fraction of sp³-hybridized carbons (Fsp3) is 0.500. The van der Waals surface area contributed by atoms with Crippen LogP contribution in [0.4, 0.5) is 4.79 Å². The van der Waals surface area contributed by atoms with Gasteiger partial charge in [-0.3, -0.25) is 4.79 Å². The predicted octanol–water partition coefficient (Wildman–Crippen LogP) is 2.31. The van der Waals surface area contributed by atoms with Crippen LogP contribution in [0.15, 0.2) is 30.3 Å². The first-order valence-corrected chi connectivity index (χ1v) is 7.44. The molecule has 1 N–H and O–H groups in total. The van der Waals surface area contributed by atoms with Gasteiger partial charge in [0.1, 0.15) is 6.61 Å². The molecule has 1 aliphatic heterocycles. The fourth-order valence-electron chi connectivity index (χ4n) is 2.38. The molecule has 2 rings (SSSR count). The summed E-state index contributed by atoms with van der Waals surface area (Å²) in [6.07, 6.45) is 1.85. The van der Waals surface area contributed by atoms with Crippen LogP contribution in [-0.2, 0) is 16.1 Å². The molecule has 1 fully saturated rings. The highest BCUT2D eigenvalue weighted by molar-refractivity contribution is 5.76. The van der Waals surface area contributed by atoms with Crippen molar-refractivity contribution in [3.63, 3.8) is 0 Å². The number of benzene rings is 1. The summed E-state index contributed by atoms with van der Waals surface area (Å²) in [4.78, 5) is 25.2. The molecule has 114 valence electrons. The molecular weight excluding hydrogens is 268 g/mol. The minimum atomic E-state index is -0.314. The fourth-order valence-corrected chi connectivity index (χ4v) is 2.38. The highest BCUT2D eigenvalue weighted by Gasteiger charge is 2.28. The van der Waals surface area contributed by atoms with E-state index in [0.29, 0.717) is 19.5 Å². The Morgan fingerprint density at radius 2 is 2.10 bits per heavy atom. The van der Waals surface area contributed by atoms with Crippen molar-refractivity contribution in [2.45, 2.75) is 38.8 Å². The second-order valence-electron chi connectivity index (χ2n) is 5.29. The average Bonchev–Trinajstić information content (AvgIpc) is 2.94. The van der Waals surface area contributed by atoms with Crippen LogP contribution in [0.25, 0.3) is 0 Å². The number of carbonyl (C=O) groups excluding carboxylic acids is 2. The summed E-state index contributed by atoms with van der Waals surface area (Å²) in [5.74, 6) is 0.0574. The first-order chi connectivity index (χ1) is 10.2. The summed E-state index contributed by atoms with van der Waals surface area (Å²) in [7, 11) is 0. The van der Waals surface area contributed by atoms with Crippen molar-refractivity contribution in [1.82, 2.24) is 10.2 Å². The summed E-state index contributed by atoms with van der Waals surface area (Å²) in [5, 5.41) is 2.95. The maximum Gasteiger partial charge on any atom is 0.410 e. The molecule has 5 nitrogen and oxygen atoms in total. The van der Waals surface area contributed by atoms with Crippen LogP contribution >= 0.6 is 0 Å². The first-order valence-electron chi connectivity index (χ1n) is 7.44. The Morgan fingerprint density at radius 3 is 2.81 bits per heavy atom. The molecule has 0 saturated carbocycles. The highest BCUT2D eigenvalue weighted by atomic mass is 16.6. The summed E-state index contributed by atoms with van der Waals surface area (Å²) in [5.41, 5.74) is 0.970. The number of nitrogens with one attached hydrogen (secondary N) is 1. The highest BCUT2D eigenvalue weighted by Crippen LogP contribution is 2.12. The van der Waals surface area contributed by atoms with Gasteiger partial charge in [-0.15, -0.1) is 0 Å². The van der Waals surface area contributed by atoms with Crippen molar-refractivity contribution in [2.24, 2.45) is 0 Å². The molecule has 0 aliphatic carbocycles. The van der Waals surface area contributed by atoms with Gasteiger partial charge in [0.2, 0.25) is 5.91 Å². The Kier molecular flexibility index (Phi) is 5.60. The van der Waals surface area contributed by atoms with E-state index >= 15 is 0 Å². The number of carbonyl (C=O) groups is 2. The SMILES string of the molecule is CCCC(=O)NC1CCN(C(=O)OCc2ccccc2)C1. The molecule has 0 bridgehead atoms. The Bertz CT molecular complexity index is 476.